The molecule has 1 aliphatic rings. The molecule has 0 aromatic heterocycles. The molecule has 0 N–H and O–H groups in total. The molecule has 0 aliphatic heterocycles. The number of hydrogen-bond donors (Lipinski definition) is 0. The SMILES string of the molecule is CCCCC1(COC)CCCC1OC. The summed E-state index contributed by atoms with van der Waals surface area (Å²) in [7, 11) is 3.64. The van der Waals surface area contributed by atoms with Crippen LogP contribution in [0.2, 0.25) is 0 Å². The second-order valence-electron chi connectivity index (χ2n) is 4.52. The van der Waals surface area contributed by atoms with E-state index in [1.165, 1.54) is 38.5 Å². The molecule has 1 saturated carbocycles. The van der Waals surface area contributed by atoms with E-state index in [4.69, 9.17) is 9.47 Å². The third kappa shape index (κ3) is 2.48. The molecule has 0 aromatic carbocycles. The van der Waals surface area contributed by atoms with Crippen LogP contribution in [-0.2, 0) is 9.47 Å². The fourth-order valence-electron chi connectivity index (χ4n) is 2.81. The molecule has 1 rings (SSSR count). The first-order valence-corrected chi connectivity index (χ1v) is 5.81. The highest BCUT2D eigenvalue weighted by atomic mass is 16.5. The summed E-state index contributed by atoms with van der Waals surface area (Å²) >= 11 is 0. The molecule has 2 nitrogen and oxygen atoms in total. The van der Waals surface area contributed by atoms with E-state index < -0.39 is 0 Å². The van der Waals surface area contributed by atoms with Gasteiger partial charge in [0.15, 0.2) is 0 Å². The van der Waals surface area contributed by atoms with Crippen LogP contribution in [0.15, 0.2) is 0 Å². The summed E-state index contributed by atoms with van der Waals surface area (Å²) < 4.78 is 11.0. The quantitative estimate of drug-likeness (QED) is 0.656. The molecule has 1 aliphatic carbocycles. The molecule has 0 heterocycles. The predicted octanol–water partition coefficient (Wildman–Crippen LogP) is 3.01. The number of rotatable bonds is 6. The number of hydrogen-bond acceptors (Lipinski definition) is 2. The highest BCUT2D eigenvalue weighted by Gasteiger charge is 2.42. The van der Waals surface area contributed by atoms with Crippen molar-refractivity contribution in [2.45, 2.75) is 51.6 Å². The third-order valence-corrected chi connectivity index (χ3v) is 3.57. The molecule has 1 fully saturated rings. The van der Waals surface area contributed by atoms with E-state index in [0.717, 1.165) is 6.61 Å². The second-order valence-corrected chi connectivity index (χ2v) is 4.52. The van der Waals surface area contributed by atoms with Crippen molar-refractivity contribution < 1.29 is 9.47 Å². The van der Waals surface area contributed by atoms with E-state index in [9.17, 15) is 0 Å². The smallest absolute Gasteiger partial charge is 0.0649 e. The average molecular weight is 200 g/mol. The van der Waals surface area contributed by atoms with Crippen LogP contribution < -0.4 is 0 Å². The molecule has 0 spiro atoms. The van der Waals surface area contributed by atoms with Gasteiger partial charge >= 0.3 is 0 Å². The maximum atomic E-state index is 5.60. The van der Waals surface area contributed by atoms with E-state index in [2.05, 4.69) is 6.92 Å². The molecule has 2 unspecified atom stereocenters. The van der Waals surface area contributed by atoms with Crippen LogP contribution in [0.5, 0.6) is 0 Å². The van der Waals surface area contributed by atoms with Gasteiger partial charge in [-0.2, -0.15) is 0 Å². The topological polar surface area (TPSA) is 18.5 Å². The van der Waals surface area contributed by atoms with Crippen molar-refractivity contribution in [3.63, 3.8) is 0 Å². The normalized spacial score (nSPS) is 32.4. The average Bonchev–Trinajstić information content (AvgIpc) is 2.59. The first-order valence-electron chi connectivity index (χ1n) is 5.81. The highest BCUT2D eigenvalue weighted by molar-refractivity contribution is 4.92. The van der Waals surface area contributed by atoms with Crippen LogP contribution in [-0.4, -0.2) is 26.9 Å². The standard InChI is InChI=1S/C12H24O2/c1-4-5-8-12(10-13-2)9-6-7-11(12)14-3/h11H,4-10H2,1-3H3. The maximum Gasteiger partial charge on any atom is 0.0649 e. The van der Waals surface area contributed by atoms with Crippen molar-refractivity contribution in [3.05, 3.63) is 0 Å². The Morgan fingerprint density at radius 2 is 2.14 bits per heavy atom. The Morgan fingerprint density at radius 1 is 1.36 bits per heavy atom. The minimum Gasteiger partial charge on any atom is -0.384 e. The first-order chi connectivity index (χ1) is 6.79. The van der Waals surface area contributed by atoms with E-state index in [1.54, 1.807) is 7.11 Å². The second kappa shape index (κ2) is 5.72. The zero-order valence-electron chi connectivity index (χ0n) is 9.84. The molecular formula is C12H24O2. The van der Waals surface area contributed by atoms with Gasteiger partial charge < -0.3 is 9.47 Å². The fraction of sp³-hybridized carbons (Fsp3) is 1.00. The summed E-state index contributed by atoms with van der Waals surface area (Å²) in [4.78, 5) is 0. The Bertz CT molecular complexity index is 158. The molecule has 0 bridgehead atoms. The van der Waals surface area contributed by atoms with E-state index >= 15 is 0 Å². The lowest BCUT2D eigenvalue weighted by molar-refractivity contribution is -0.0405. The van der Waals surface area contributed by atoms with Crippen molar-refractivity contribution in [1.29, 1.82) is 0 Å². The molecule has 14 heavy (non-hydrogen) atoms. The van der Waals surface area contributed by atoms with Crippen molar-refractivity contribution >= 4 is 0 Å². The Hall–Kier alpha value is -0.0800. The molecule has 0 aromatic rings. The van der Waals surface area contributed by atoms with Gasteiger partial charge in [0, 0.05) is 19.6 Å². The van der Waals surface area contributed by atoms with Gasteiger partial charge in [-0.05, 0) is 19.3 Å². The largest absolute Gasteiger partial charge is 0.384 e. The maximum absolute atomic E-state index is 5.60. The van der Waals surface area contributed by atoms with Crippen LogP contribution in [0.3, 0.4) is 0 Å². The Morgan fingerprint density at radius 3 is 2.71 bits per heavy atom. The molecule has 2 atom stereocenters. The van der Waals surface area contributed by atoms with Gasteiger partial charge in [0.1, 0.15) is 0 Å². The lowest BCUT2D eigenvalue weighted by atomic mass is 9.80. The molecule has 2 heteroatoms. The molecule has 84 valence electrons. The Balaban J connectivity index is 2.58. The molecule has 0 radical (unpaired) electrons. The molecule has 0 saturated heterocycles. The lowest BCUT2D eigenvalue weighted by Crippen LogP contribution is -2.35. The lowest BCUT2D eigenvalue weighted by Gasteiger charge is -2.34. The number of unbranched alkanes of at least 4 members (excludes halogenated alkanes) is 1. The fourth-order valence-corrected chi connectivity index (χ4v) is 2.81. The van der Waals surface area contributed by atoms with Gasteiger partial charge in [-0.3, -0.25) is 0 Å². The monoisotopic (exact) mass is 200 g/mol. The molecular weight excluding hydrogens is 176 g/mol. The van der Waals surface area contributed by atoms with Crippen molar-refractivity contribution in [3.8, 4) is 0 Å². The molecule has 0 amide bonds. The first kappa shape index (κ1) is 12.0. The number of methoxy groups -OCH3 is 2. The van der Waals surface area contributed by atoms with Crippen LogP contribution in [0.4, 0.5) is 0 Å². The van der Waals surface area contributed by atoms with Gasteiger partial charge in [-0.25, -0.2) is 0 Å². The van der Waals surface area contributed by atoms with E-state index in [0.29, 0.717) is 11.5 Å². The van der Waals surface area contributed by atoms with E-state index in [-0.39, 0.29) is 0 Å². The predicted molar refractivity (Wildman–Crippen MR) is 58.5 cm³/mol. The Labute approximate surface area is 88.0 Å². The van der Waals surface area contributed by atoms with Crippen LogP contribution in [0.1, 0.15) is 45.4 Å². The Kier molecular flexibility index (Phi) is 4.90. The summed E-state index contributed by atoms with van der Waals surface area (Å²) in [6, 6.07) is 0. The minimum absolute atomic E-state index is 0.319. The number of ether oxygens (including phenoxy) is 2. The van der Waals surface area contributed by atoms with Gasteiger partial charge in [0.2, 0.25) is 0 Å². The van der Waals surface area contributed by atoms with Crippen LogP contribution >= 0.6 is 0 Å². The van der Waals surface area contributed by atoms with Crippen LogP contribution in [0.25, 0.3) is 0 Å². The summed E-state index contributed by atoms with van der Waals surface area (Å²) in [5.41, 5.74) is 0.319. The van der Waals surface area contributed by atoms with Crippen molar-refractivity contribution in [2.75, 3.05) is 20.8 Å². The van der Waals surface area contributed by atoms with Gasteiger partial charge in [-0.1, -0.05) is 26.2 Å². The highest BCUT2D eigenvalue weighted by Crippen LogP contribution is 2.44. The van der Waals surface area contributed by atoms with E-state index in [1.807, 2.05) is 7.11 Å². The van der Waals surface area contributed by atoms with Gasteiger partial charge in [0.05, 0.1) is 12.7 Å². The van der Waals surface area contributed by atoms with Crippen molar-refractivity contribution in [2.24, 2.45) is 5.41 Å². The zero-order chi connectivity index (χ0) is 10.4. The summed E-state index contributed by atoms with van der Waals surface area (Å²) in [6.07, 6.45) is 8.03. The summed E-state index contributed by atoms with van der Waals surface area (Å²) in [5.74, 6) is 0. The summed E-state index contributed by atoms with van der Waals surface area (Å²) in [5, 5.41) is 0. The minimum atomic E-state index is 0.319. The zero-order valence-corrected chi connectivity index (χ0v) is 9.84. The van der Waals surface area contributed by atoms with Crippen LogP contribution in [0, 0.1) is 5.41 Å². The van der Waals surface area contributed by atoms with Gasteiger partial charge in [-0.15, -0.1) is 0 Å². The summed E-state index contributed by atoms with van der Waals surface area (Å²) in [6.45, 7) is 3.11. The van der Waals surface area contributed by atoms with Gasteiger partial charge in [0.25, 0.3) is 0 Å². The third-order valence-electron chi connectivity index (χ3n) is 3.57. The van der Waals surface area contributed by atoms with Crippen molar-refractivity contribution in [1.82, 2.24) is 0 Å².